The van der Waals surface area contributed by atoms with Crippen molar-refractivity contribution in [2.45, 2.75) is 12.8 Å². The van der Waals surface area contributed by atoms with E-state index in [0.717, 1.165) is 29.3 Å². The fourth-order valence-corrected chi connectivity index (χ4v) is 4.15. The summed E-state index contributed by atoms with van der Waals surface area (Å²) in [5, 5.41) is 12.9. The van der Waals surface area contributed by atoms with Crippen LogP contribution in [0.3, 0.4) is 0 Å². The van der Waals surface area contributed by atoms with Crippen molar-refractivity contribution >= 4 is 25.4 Å². The Hall–Kier alpha value is -2.18. The lowest BCUT2D eigenvalue weighted by Crippen LogP contribution is -2.11. The molecule has 0 aromatic heterocycles. The molecule has 2 atom stereocenters. The molecule has 2 nitrogen and oxygen atoms in total. The Morgan fingerprint density at radius 1 is 1.12 bits per heavy atom. The van der Waals surface area contributed by atoms with Crippen LogP contribution in [0.25, 0.3) is 0 Å². The molecule has 0 aliphatic heterocycles. The van der Waals surface area contributed by atoms with Crippen LogP contribution in [0.15, 0.2) is 71.8 Å². The zero-order chi connectivity index (χ0) is 16.8. The molecule has 2 aromatic rings. The van der Waals surface area contributed by atoms with Crippen molar-refractivity contribution in [3.8, 4) is 5.75 Å². The number of para-hydroxylation sites is 1. The lowest BCUT2D eigenvalue weighted by molar-refractivity contribution is 0.467. The van der Waals surface area contributed by atoms with Gasteiger partial charge >= 0.3 is 0 Å². The Balaban J connectivity index is 1.83. The predicted molar refractivity (Wildman–Crippen MR) is 106 cm³/mol. The van der Waals surface area contributed by atoms with Gasteiger partial charge in [0, 0.05) is 18.6 Å². The number of aliphatic imine (C=N–C) groups is 1. The van der Waals surface area contributed by atoms with Gasteiger partial charge in [0.05, 0.1) is 0 Å². The molecule has 2 aromatic carbocycles. The van der Waals surface area contributed by atoms with E-state index in [2.05, 4.69) is 47.5 Å². The second kappa shape index (κ2) is 8.08. The molecular formula is C21H22NOP. The van der Waals surface area contributed by atoms with E-state index in [1.807, 2.05) is 30.5 Å². The summed E-state index contributed by atoms with van der Waals surface area (Å²) in [6.45, 7) is 0. The molecular weight excluding hydrogens is 313 g/mol. The number of hydrogen-bond donors (Lipinski definition) is 1. The van der Waals surface area contributed by atoms with Gasteiger partial charge in [0.2, 0.25) is 0 Å². The van der Waals surface area contributed by atoms with Gasteiger partial charge in [-0.05, 0) is 35.2 Å². The quantitative estimate of drug-likeness (QED) is 0.655. The minimum atomic E-state index is 0.420. The van der Waals surface area contributed by atoms with Crippen molar-refractivity contribution in [3.63, 3.8) is 0 Å². The van der Waals surface area contributed by atoms with Gasteiger partial charge in [0.15, 0.2) is 0 Å². The van der Waals surface area contributed by atoms with Crippen molar-refractivity contribution in [2.75, 3.05) is 7.05 Å². The smallest absolute Gasteiger partial charge is 0.126 e. The van der Waals surface area contributed by atoms with E-state index in [1.54, 1.807) is 7.05 Å². The first-order chi connectivity index (χ1) is 11.8. The zero-order valence-electron chi connectivity index (χ0n) is 13.8. The molecule has 0 heterocycles. The van der Waals surface area contributed by atoms with Gasteiger partial charge in [-0.3, -0.25) is 4.99 Å². The molecule has 0 fully saturated rings. The molecule has 3 rings (SSSR count). The van der Waals surface area contributed by atoms with Crippen molar-refractivity contribution in [2.24, 2.45) is 10.9 Å². The highest BCUT2D eigenvalue weighted by atomic mass is 31.1. The van der Waals surface area contributed by atoms with Gasteiger partial charge in [0.1, 0.15) is 5.75 Å². The largest absolute Gasteiger partial charge is 0.507 e. The number of aromatic hydroxyl groups is 1. The van der Waals surface area contributed by atoms with Crippen LogP contribution in [0.1, 0.15) is 17.5 Å². The van der Waals surface area contributed by atoms with E-state index in [9.17, 15) is 5.11 Å². The number of nitrogens with zero attached hydrogens (tertiary/aromatic N) is 1. The second-order valence-electron chi connectivity index (χ2n) is 5.93. The number of allylic oxidation sites excluding steroid dienone is 4. The van der Waals surface area contributed by atoms with E-state index in [4.69, 9.17) is 0 Å². The molecule has 0 saturated heterocycles. The Morgan fingerprint density at radius 2 is 1.96 bits per heavy atom. The molecule has 0 radical (unpaired) electrons. The predicted octanol–water partition coefficient (Wildman–Crippen LogP) is 3.75. The van der Waals surface area contributed by atoms with Crippen LogP contribution in [0.2, 0.25) is 0 Å². The lowest BCUT2D eigenvalue weighted by Gasteiger charge is -2.16. The fraction of sp³-hybridized carbons (Fsp3) is 0.190. The summed E-state index contributed by atoms with van der Waals surface area (Å²) in [6.07, 6.45) is 12.4. The summed E-state index contributed by atoms with van der Waals surface area (Å²) < 4.78 is 0. The Bertz CT molecular complexity index is 792. The van der Waals surface area contributed by atoms with Crippen LogP contribution in [0.5, 0.6) is 5.75 Å². The molecule has 1 N–H and O–H groups in total. The average molecular weight is 335 g/mol. The molecule has 24 heavy (non-hydrogen) atoms. The average Bonchev–Trinajstić information content (AvgIpc) is 2.61. The number of phenols is 1. The van der Waals surface area contributed by atoms with Gasteiger partial charge in [-0.1, -0.05) is 75.3 Å². The molecule has 2 unspecified atom stereocenters. The van der Waals surface area contributed by atoms with Gasteiger partial charge in [0.25, 0.3) is 0 Å². The van der Waals surface area contributed by atoms with E-state index in [-0.39, 0.29) is 0 Å². The molecule has 0 saturated carbocycles. The third kappa shape index (κ3) is 4.01. The number of rotatable bonds is 5. The first-order valence-corrected chi connectivity index (χ1v) is 9.20. The Labute approximate surface area is 145 Å². The van der Waals surface area contributed by atoms with E-state index >= 15 is 0 Å². The normalized spacial score (nSPS) is 17.3. The van der Waals surface area contributed by atoms with E-state index < -0.39 is 0 Å². The summed E-state index contributed by atoms with van der Waals surface area (Å²) in [5.41, 5.74) is 2.15. The van der Waals surface area contributed by atoms with Crippen molar-refractivity contribution in [1.29, 1.82) is 0 Å². The van der Waals surface area contributed by atoms with Gasteiger partial charge < -0.3 is 5.11 Å². The Morgan fingerprint density at radius 3 is 2.75 bits per heavy atom. The van der Waals surface area contributed by atoms with Crippen molar-refractivity contribution in [3.05, 3.63) is 77.9 Å². The van der Waals surface area contributed by atoms with Gasteiger partial charge in [-0.2, -0.15) is 0 Å². The highest BCUT2D eigenvalue weighted by molar-refractivity contribution is 7.56. The highest BCUT2D eigenvalue weighted by Crippen LogP contribution is 2.27. The van der Waals surface area contributed by atoms with Crippen molar-refractivity contribution in [1.82, 2.24) is 0 Å². The monoisotopic (exact) mass is 335 g/mol. The van der Waals surface area contributed by atoms with Crippen molar-refractivity contribution < 1.29 is 5.11 Å². The minimum Gasteiger partial charge on any atom is -0.507 e. The summed E-state index contributed by atoms with van der Waals surface area (Å²) in [6, 6.07) is 14.3. The highest BCUT2D eigenvalue weighted by Gasteiger charge is 2.13. The molecule has 0 spiro atoms. The maximum atomic E-state index is 10.7. The first kappa shape index (κ1) is 16.7. The molecule has 1 aliphatic carbocycles. The van der Waals surface area contributed by atoms with Gasteiger partial charge in [-0.15, -0.1) is 0 Å². The maximum Gasteiger partial charge on any atom is 0.126 e. The van der Waals surface area contributed by atoms with E-state index in [1.165, 1.54) is 5.30 Å². The third-order valence-corrected chi connectivity index (χ3v) is 5.57. The zero-order valence-corrected chi connectivity index (χ0v) is 14.8. The second-order valence-corrected chi connectivity index (χ2v) is 7.25. The molecule has 0 bridgehead atoms. The summed E-state index contributed by atoms with van der Waals surface area (Å²) in [5.74, 6) is 0.918. The third-order valence-electron chi connectivity index (χ3n) is 4.17. The fourth-order valence-electron chi connectivity index (χ4n) is 2.93. The van der Waals surface area contributed by atoms with Crippen LogP contribution in [-0.4, -0.2) is 18.4 Å². The summed E-state index contributed by atoms with van der Waals surface area (Å²) in [4.78, 5) is 4.13. The molecule has 0 amide bonds. The van der Waals surface area contributed by atoms with Crippen LogP contribution in [-0.2, 0) is 6.42 Å². The first-order valence-electron chi connectivity index (χ1n) is 8.20. The Kier molecular flexibility index (Phi) is 5.61. The van der Waals surface area contributed by atoms with Crippen LogP contribution < -0.4 is 10.6 Å². The van der Waals surface area contributed by atoms with Crippen LogP contribution >= 0.6 is 8.58 Å². The topological polar surface area (TPSA) is 32.6 Å². The summed E-state index contributed by atoms with van der Waals surface area (Å²) in [7, 11) is 2.20. The number of benzene rings is 2. The lowest BCUT2D eigenvalue weighted by atomic mass is 9.93. The minimum absolute atomic E-state index is 0.420. The standard InChI is InChI=1S/C21H22NOP/c1-22-15-18-10-5-6-12-19(18)24-20-13-7-11-17(21(20)23)14-16-8-3-2-4-9-16/h2-8,10-13,15-16,23-24H,9,14H2,1H3/b22-15+. The van der Waals surface area contributed by atoms with E-state index in [0.29, 0.717) is 20.2 Å². The molecule has 1 aliphatic rings. The van der Waals surface area contributed by atoms with Crippen LogP contribution in [0, 0.1) is 5.92 Å². The number of hydrogen-bond acceptors (Lipinski definition) is 2. The molecule has 122 valence electrons. The maximum absolute atomic E-state index is 10.7. The number of phenolic OH excluding ortho intramolecular Hbond substituents is 1. The van der Waals surface area contributed by atoms with Gasteiger partial charge in [-0.25, -0.2) is 0 Å². The summed E-state index contributed by atoms with van der Waals surface area (Å²) >= 11 is 0. The van der Waals surface area contributed by atoms with Crippen LogP contribution in [0.4, 0.5) is 0 Å². The molecule has 3 heteroatoms. The SMILES string of the molecule is C/N=C/c1ccccc1Pc1cccc(CC2C=CC=CC2)c1O.